The molecule has 1 rings (SSSR count). The molecular formula is C15H24BrClIN3O2. The van der Waals surface area contributed by atoms with Gasteiger partial charge in [0.2, 0.25) is 0 Å². The molecule has 0 aliphatic rings. The molecule has 23 heavy (non-hydrogen) atoms. The van der Waals surface area contributed by atoms with Crippen LogP contribution in [-0.4, -0.2) is 46.5 Å². The molecule has 2 N–H and O–H groups in total. The second-order valence-electron chi connectivity index (χ2n) is 4.55. The number of hydrogen-bond acceptors (Lipinski definition) is 3. The van der Waals surface area contributed by atoms with E-state index in [4.69, 9.17) is 21.1 Å². The summed E-state index contributed by atoms with van der Waals surface area (Å²) < 4.78 is 11.3. The highest BCUT2D eigenvalue weighted by atomic mass is 127. The summed E-state index contributed by atoms with van der Waals surface area (Å²) in [6.07, 6.45) is 0.906. The van der Waals surface area contributed by atoms with Gasteiger partial charge in [-0.2, -0.15) is 0 Å². The van der Waals surface area contributed by atoms with Crippen molar-refractivity contribution in [2.45, 2.75) is 13.0 Å². The molecule has 0 unspecified atom stereocenters. The van der Waals surface area contributed by atoms with Gasteiger partial charge in [0, 0.05) is 43.3 Å². The van der Waals surface area contributed by atoms with Crippen LogP contribution in [0.2, 0.25) is 5.02 Å². The number of ether oxygens (including phenoxy) is 2. The van der Waals surface area contributed by atoms with Crippen molar-refractivity contribution in [1.82, 2.24) is 10.6 Å². The molecule has 0 heterocycles. The quantitative estimate of drug-likeness (QED) is 0.227. The van der Waals surface area contributed by atoms with Crippen LogP contribution >= 0.6 is 51.5 Å². The van der Waals surface area contributed by atoms with Gasteiger partial charge in [0.1, 0.15) is 0 Å². The van der Waals surface area contributed by atoms with Crippen molar-refractivity contribution in [2.24, 2.45) is 4.99 Å². The molecular weight excluding hydrogens is 496 g/mol. The Morgan fingerprint density at radius 2 is 2.04 bits per heavy atom. The summed E-state index contributed by atoms with van der Waals surface area (Å²) >= 11 is 9.58. The zero-order valence-corrected chi connectivity index (χ0v) is 18.1. The minimum absolute atomic E-state index is 0. The minimum Gasteiger partial charge on any atom is -0.382 e. The van der Waals surface area contributed by atoms with E-state index < -0.39 is 0 Å². The van der Waals surface area contributed by atoms with Crippen molar-refractivity contribution < 1.29 is 9.47 Å². The predicted molar refractivity (Wildman–Crippen MR) is 110 cm³/mol. The van der Waals surface area contributed by atoms with Gasteiger partial charge in [-0.3, -0.25) is 4.99 Å². The van der Waals surface area contributed by atoms with Gasteiger partial charge in [0.05, 0.1) is 13.2 Å². The van der Waals surface area contributed by atoms with Crippen molar-refractivity contribution in [1.29, 1.82) is 0 Å². The Morgan fingerprint density at radius 1 is 1.26 bits per heavy atom. The third kappa shape index (κ3) is 10.4. The topological polar surface area (TPSA) is 54.9 Å². The van der Waals surface area contributed by atoms with Gasteiger partial charge in [-0.15, -0.1) is 24.0 Å². The fraction of sp³-hybridized carbons (Fsp3) is 0.533. The maximum atomic E-state index is 6.19. The SMILES string of the molecule is CN=C(NCCCOCCOC)NCc1ccc(Br)cc1Cl.I. The summed E-state index contributed by atoms with van der Waals surface area (Å²) in [6, 6.07) is 5.83. The summed E-state index contributed by atoms with van der Waals surface area (Å²) in [5.74, 6) is 0.746. The van der Waals surface area contributed by atoms with Crippen LogP contribution in [0.4, 0.5) is 0 Å². The first kappa shape index (κ1) is 22.9. The van der Waals surface area contributed by atoms with E-state index in [0.29, 0.717) is 26.4 Å². The molecule has 0 atom stereocenters. The highest BCUT2D eigenvalue weighted by Gasteiger charge is 2.02. The first-order chi connectivity index (χ1) is 10.7. The van der Waals surface area contributed by atoms with Crippen LogP contribution in [0, 0.1) is 0 Å². The van der Waals surface area contributed by atoms with E-state index in [2.05, 4.69) is 31.6 Å². The Morgan fingerprint density at radius 3 is 2.70 bits per heavy atom. The molecule has 0 saturated carbocycles. The Balaban J connectivity index is 0.00000484. The molecule has 0 saturated heterocycles. The maximum Gasteiger partial charge on any atom is 0.191 e. The lowest BCUT2D eigenvalue weighted by atomic mass is 10.2. The van der Waals surface area contributed by atoms with Gasteiger partial charge in [-0.1, -0.05) is 33.6 Å². The molecule has 0 spiro atoms. The van der Waals surface area contributed by atoms with Crippen LogP contribution in [0.15, 0.2) is 27.7 Å². The van der Waals surface area contributed by atoms with E-state index in [0.717, 1.165) is 34.0 Å². The van der Waals surface area contributed by atoms with E-state index >= 15 is 0 Å². The fourth-order valence-electron chi connectivity index (χ4n) is 1.69. The van der Waals surface area contributed by atoms with Gasteiger partial charge in [0.15, 0.2) is 5.96 Å². The third-order valence-corrected chi connectivity index (χ3v) is 3.72. The lowest BCUT2D eigenvalue weighted by molar-refractivity contribution is 0.0698. The molecule has 5 nitrogen and oxygen atoms in total. The number of nitrogens with one attached hydrogen (secondary N) is 2. The van der Waals surface area contributed by atoms with Crippen molar-refractivity contribution in [3.8, 4) is 0 Å². The molecule has 0 aromatic heterocycles. The van der Waals surface area contributed by atoms with Crippen molar-refractivity contribution in [3.63, 3.8) is 0 Å². The molecule has 8 heteroatoms. The zero-order valence-electron chi connectivity index (χ0n) is 13.4. The summed E-state index contributed by atoms with van der Waals surface area (Å²) in [4.78, 5) is 4.18. The van der Waals surface area contributed by atoms with Gasteiger partial charge in [-0.25, -0.2) is 0 Å². The molecule has 1 aromatic rings. The average Bonchev–Trinajstić information content (AvgIpc) is 2.51. The van der Waals surface area contributed by atoms with E-state index in [1.54, 1.807) is 14.2 Å². The van der Waals surface area contributed by atoms with Gasteiger partial charge in [0.25, 0.3) is 0 Å². The number of hydrogen-bond donors (Lipinski definition) is 2. The summed E-state index contributed by atoms with van der Waals surface area (Å²) in [5, 5.41) is 7.20. The number of aliphatic imine (C=N–C) groups is 1. The number of methoxy groups -OCH3 is 1. The van der Waals surface area contributed by atoms with Crippen LogP contribution < -0.4 is 10.6 Å². The molecule has 0 bridgehead atoms. The maximum absolute atomic E-state index is 6.19. The molecule has 0 aliphatic carbocycles. The van der Waals surface area contributed by atoms with Crippen molar-refractivity contribution in [3.05, 3.63) is 33.3 Å². The number of benzene rings is 1. The summed E-state index contributed by atoms with van der Waals surface area (Å²) in [6.45, 7) is 3.37. The summed E-state index contributed by atoms with van der Waals surface area (Å²) in [7, 11) is 3.41. The molecule has 0 fully saturated rings. The molecule has 0 amide bonds. The van der Waals surface area contributed by atoms with E-state index in [9.17, 15) is 0 Å². The molecule has 0 aliphatic heterocycles. The Hall–Kier alpha value is -0.0900. The number of rotatable bonds is 9. The Labute approximate surface area is 168 Å². The molecule has 0 radical (unpaired) electrons. The normalized spacial score (nSPS) is 11.0. The van der Waals surface area contributed by atoms with Crippen molar-refractivity contribution >= 4 is 57.5 Å². The van der Waals surface area contributed by atoms with E-state index in [-0.39, 0.29) is 24.0 Å². The number of nitrogens with zero attached hydrogens (tertiary/aromatic N) is 1. The summed E-state index contributed by atoms with van der Waals surface area (Å²) in [5.41, 5.74) is 1.02. The van der Waals surface area contributed by atoms with Gasteiger partial charge in [-0.05, 0) is 24.1 Å². The molecule has 132 valence electrons. The predicted octanol–water partition coefficient (Wildman–Crippen LogP) is 3.44. The lowest BCUT2D eigenvalue weighted by Gasteiger charge is -2.13. The second kappa shape index (κ2) is 14.3. The fourth-order valence-corrected chi connectivity index (χ4v) is 2.43. The van der Waals surface area contributed by atoms with Gasteiger partial charge >= 0.3 is 0 Å². The second-order valence-corrected chi connectivity index (χ2v) is 5.87. The highest BCUT2D eigenvalue weighted by molar-refractivity contribution is 14.0. The van der Waals surface area contributed by atoms with Crippen LogP contribution in [-0.2, 0) is 16.0 Å². The average molecular weight is 521 g/mol. The zero-order chi connectivity index (χ0) is 16.2. The van der Waals surface area contributed by atoms with E-state index in [1.807, 2.05) is 18.2 Å². The first-order valence-corrected chi connectivity index (χ1v) is 8.29. The standard InChI is InChI=1S/C15H23BrClN3O2.HI/c1-18-15(19-6-3-7-22-9-8-21-2)20-11-12-4-5-13(16)10-14(12)17;/h4-5,10H,3,6-9,11H2,1-2H3,(H2,18,19,20);1H. The monoisotopic (exact) mass is 519 g/mol. The third-order valence-electron chi connectivity index (χ3n) is 2.87. The van der Waals surface area contributed by atoms with Gasteiger partial charge < -0.3 is 20.1 Å². The Bertz CT molecular complexity index is 478. The largest absolute Gasteiger partial charge is 0.382 e. The smallest absolute Gasteiger partial charge is 0.191 e. The van der Waals surface area contributed by atoms with Crippen LogP contribution in [0.25, 0.3) is 0 Å². The highest BCUT2D eigenvalue weighted by Crippen LogP contribution is 2.20. The van der Waals surface area contributed by atoms with Crippen LogP contribution in [0.1, 0.15) is 12.0 Å². The Kier molecular flexibility index (Phi) is 14.2. The van der Waals surface area contributed by atoms with E-state index in [1.165, 1.54) is 0 Å². The first-order valence-electron chi connectivity index (χ1n) is 7.12. The number of guanidine groups is 1. The lowest BCUT2D eigenvalue weighted by Crippen LogP contribution is -2.37. The minimum atomic E-state index is 0. The van der Waals surface area contributed by atoms with Crippen LogP contribution in [0.3, 0.4) is 0 Å². The number of halogens is 3. The van der Waals surface area contributed by atoms with Crippen LogP contribution in [0.5, 0.6) is 0 Å². The molecule has 1 aromatic carbocycles. The van der Waals surface area contributed by atoms with Crippen molar-refractivity contribution in [2.75, 3.05) is 40.5 Å².